The van der Waals surface area contributed by atoms with Gasteiger partial charge in [0.15, 0.2) is 0 Å². The van der Waals surface area contributed by atoms with Crippen molar-refractivity contribution in [3.05, 3.63) is 18.2 Å². The number of hydrogen-bond acceptors (Lipinski definition) is 7. The van der Waals surface area contributed by atoms with E-state index in [1.807, 2.05) is 17.8 Å². The number of amides is 1. The van der Waals surface area contributed by atoms with Gasteiger partial charge in [0, 0.05) is 38.4 Å². The van der Waals surface area contributed by atoms with Crippen molar-refractivity contribution in [3.8, 4) is 0 Å². The van der Waals surface area contributed by atoms with Gasteiger partial charge in [-0.25, -0.2) is 4.98 Å². The number of carbonyl (C=O) groups excluding carboxylic acids is 1. The van der Waals surface area contributed by atoms with E-state index in [4.69, 9.17) is 9.47 Å². The van der Waals surface area contributed by atoms with Crippen LogP contribution in [0.2, 0.25) is 0 Å². The van der Waals surface area contributed by atoms with Gasteiger partial charge in [0.25, 0.3) is 0 Å². The third-order valence-corrected chi connectivity index (χ3v) is 6.38. The van der Waals surface area contributed by atoms with Crippen LogP contribution >= 0.6 is 0 Å². The number of ether oxygens (including phenoxy) is 2. The van der Waals surface area contributed by atoms with Gasteiger partial charge < -0.3 is 34.7 Å². The van der Waals surface area contributed by atoms with E-state index in [1.54, 1.807) is 6.20 Å². The van der Waals surface area contributed by atoms with Gasteiger partial charge in [0.1, 0.15) is 18.0 Å². The summed E-state index contributed by atoms with van der Waals surface area (Å²) in [7, 11) is 4.04. The van der Waals surface area contributed by atoms with Gasteiger partial charge in [0.05, 0.1) is 31.3 Å². The first-order chi connectivity index (χ1) is 14.0. The molecule has 0 radical (unpaired) electrons. The van der Waals surface area contributed by atoms with E-state index in [9.17, 15) is 9.90 Å². The van der Waals surface area contributed by atoms with Crippen molar-refractivity contribution in [2.45, 2.75) is 68.8 Å². The fourth-order valence-corrected chi connectivity index (χ4v) is 4.53. The minimum absolute atomic E-state index is 0.0760. The highest BCUT2D eigenvalue weighted by atomic mass is 16.6. The molecular formula is C20H33N5O4. The van der Waals surface area contributed by atoms with Gasteiger partial charge in [-0.15, -0.1) is 0 Å². The van der Waals surface area contributed by atoms with Crippen molar-refractivity contribution in [3.63, 3.8) is 0 Å². The average Bonchev–Trinajstić information content (AvgIpc) is 3.36. The van der Waals surface area contributed by atoms with Crippen LogP contribution in [0.1, 0.15) is 31.5 Å². The SMILES string of the molecule is CN1CCC(NC[C@H]2O[C@@H]3C[C@@H](CC(=O)NCc4nccn4C)O[C@@H]3[C@@H]2O)CC1. The largest absolute Gasteiger partial charge is 0.388 e. The summed E-state index contributed by atoms with van der Waals surface area (Å²) >= 11 is 0. The zero-order valence-electron chi connectivity index (χ0n) is 17.3. The first kappa shape index (κ1) is 20.7. The van der Waals surface area contributed by atoms with Gasteiger partial charge in [-0.2, -0.15) is 0 Å². The lowest BCUT2D eigenvalue weighted by atomic mass is 10.0. The number of fused-ring (bicyclic) bond motifs is 1. The number of aliphatic hydroxyl groups excluding tert-OH is 1. The van der Waals surface area contributed by atoms with Gasteiger partial charge in [0.2, 0.25) is 5.91 Å². The van der Waals surface area contributed by atoms with Crippen LogP contribution < -0.4 is 10.6 Å². The lowest BCUT2D eigenvalue weighted by molar-refractivity contribution is -0.125. The standard InChI is InChI=1S/C20H33N5O4/c1-24-6-3-13(4-7-24)22-11-16-19(27)20-15(29-16)9-14(28-20)10-18(26)23-12-17-21-5-8-25(17)2/h5,8,13-16,19-20,22,27H,3-4,6-7,9-12H2,1-2H3,(H,23,26)/t14-,15+,16+,19+,20-/m0/s1. The molecule has 1 amide bonds. The third kappa shape index (κ3) is 4.97. The molecule has 3 aliphatic rings. The fourth-order valence-electron chi connectivity index (χ4n) is 4.53. The summed E-state index contributed by atoms with van der Waals surface area (Å²) in [4.78, 5) is 18.8. The van der Waals surface area contributed by atoms with Crippen LogP contribution in [0.15, 0.2) is 12.4 Å². The number of carbonyl (C=O) groups is 1. The normalized spacial score (nSPS) is 33.1. The molecule has 162 valence electrons. The number of aromatic nitrogens is 2. The van der Waals surface area contributed by atoms with E-state index in [0.717, 1.165) is 31.8 Å². The van der Waals surface area contributed by atoms with Crippen molar-refractivity contribution < 1.29 is 19.4 Å². The molecule has 4 heterocycles. The quantitative estimate of drug-likeness (QED) is 0.555. The van der Waals surface area contributed by atoms with Crippen molar-refractivity contribution in [2.75, 3.05) is 26.7 Å². The molecule has 0 bridgehead atoms. The van der Waals surface area contributed by atoms with E-state index >= 15 is 0 Å². The van der Waals surface area contributed by atoms with Crippen LogP contribution in [0.25, 0.3) is 0 Å². The predicted octanol–water partition coefficient (Wildman–Crippen LogP) is -0.604. The number of rotatable bonds is 7. The van der Waals surface area contributed by atoms with Gasteiger partial charge in [-0.3, -0.25) is 4.79 Å². The Morgan fingerprint density at radius 3 is 2.79 bits per heavy atom. The number of imidazole rings is 1. The number of hydrogen-bond donors (Lipinski definition) is 3. The maximum atomic E-state index is 12.2. The molecule has 5 atom stereocenters. The smallest absolute Gasteiger partial charge is 0.222 e. The topological polar surface area (TPSA) is 101 Å². The van der Waals surface area contributed by atoms with Crippen LogP contribution in [-0.2, 0) is 27.9 Å². The fraction of sp³-hybridized carbons (Fsp3) is 0.800. The van der Waals surface area contributed by atoms with E-state index < -0.39 is 6.10 Å². The van der Waals surface area contributed by atoms with Crippen LogP contribution in [0.4, 0.5) is 0 Å². The van der Waals surface area contributed by atoms with Crippen molar-refractivity contribution in [1.82, 2.24) is 25.1 Å². The highest BCUT2D eigenvalue weighted by Crippen LogP contribution is 2.35. The zero-order chi connectivity index (χ0) is 20.4. The summed E-state index contributed by atoms with van der Waals surface area (Å²) in [5, 5.41) is 17.1. The summed E-state index contributed by atoms with van der Waals surface area (Å²) in [6, 6.07) is 0.485. The van der Waals surface area contributed by atoms with Crippen molar-refractivity contribution in [1.29, 1.82) is 0 Å². The Labute approximate surface area is 171 Å². The Hall–Kier alpha value is -1.52. The Morgan fingerprint density at radius 2 is 2.10 bits per heavy atom. The summed E-state index contributed by atoms with van der Waals surface area (Å²) < 4.78 is 13.9. The zero-order valence-corrected chi connectivity index (χ0v) is 17.3. The molecule has 1 aromatic heterocycles. The van der Waals surface area contributed by atoms with Crippen LogP contribution in [0.3, 0.4) is 0 Å². The van der Waals surface area contributed by atoms with E-state index in [-0.39, 0.29) is 36.7 Å². The molecule has 0 saturated carbocycles. The highest BCUT2D eigenvalue weighted by molar-refractivity contribution is 5.76. The molecular weight excluding hydrogens is 374 g/mol. The second kappa shape index (κ2) is 9.09. The first-order valence-electron chi connectivity index (χ1n) is 10.6. The molecule has 9 heteroatoms. The minimum Gasteiger partial charge on any atom is -0.388 e. The molecule has 3 saturated heterocycles. The maximum absolute atomic E-state index is 12.2. The molecule has 0 aromatic carbocycles. The van der Waals surface area contributed by atoms with E-state index in [0.29, 0.717) is 25.6 Å². The molecule has 0 aliphatic carbocycles. The first-order valence-corrected chi connectivity index (χ1v) is 10.6. The Bertz CT molecular complexity index is 690. The van der Waals surface area contributed by atoms with E-state index in [2.05, 4.69) is 27.6 Å². The predicted molar refractivity (Wildman–Crippen MR) is 106 cm³/mol. The lowest BCUT2D eigenvalue weighted by Crippen LogP contribution is -2.46. The molecule has 1 aromatic rings. The number of aryl methyl sites for hydroxylation is 1. The number of piperidine rings is 1. The monoisotopic (exact) mass is 407 g/mol. The van der Waals surface area contributed by atoms with Crippen molar-refractivity contribution in [2.24, 2.45) is 7.05 Å². The maximum Gasteiger partial charge on any atom is 0.222 e. The molecule has 3 N–H and O–H groups in total. The summed E-state index contributed by atoms with van der Waals surface area (Å²) in [5.74, 6) is 0.731. The second-order valence-electron chi connectivity index (χ2n) is 8.58. The van der Waals surface area contributed by atoms with Gasteiger partial charge in [-0.05, 0) is 33.0 Å². The lowest BCUT2D eigenvalue weighted by Gasteiger charge is -2.30. The molecule has 0 spiro atoms. The summed E-state index contributed by atoms with van der Waals surface area (Å²) in [6.07, 6.45) is 5.11. The number of nitrogens with zero attached hydrogens (tertiary/aromatic N) is 3. The van der Waals surface area contributed by atoms with Crippen LogP contribution in [0.5, 0.6) is 0 Å². The Kier molecular flexibility index (Phi) is 6.50. The second-order valence-corrected chi connectivity index (χ2v) is 8.58. The molecule has 29 heavy (non-hydrogen) atoms. The summed E-state index contributed by atoms with van der Waals surface area (Å²) in [6.45, 7) is 3.24. The number of nitrogens with one attached hydrogen (secondary N) is 2. The Balaban J connectivity index is 1.17. The Morgan fingerprint density at radius 1 is 1.31 bits per heavy atom. The average molecular weight is 408 g/mol. The van der Waals surface area contributed by atoms with Crippen LogP contribution in [0, 0.1) is 0 Å². The molecule has 3 aliphatic heterocycles. The summed E-state index contributed by atoms with van der Waals surface area (Å²) in [5.41, 5.74) is 0. The third-order valence-electron chi connectivity index (χ3n) is 6.38. The van der Waals surface area contributed by atoms with Gasteiger partial charge in [-0.1, -0.05) is 0 Å². The molecule has 0 unspecified atom stereocenters. The van der Waals surface area contributed by atoms with Crippen LogP contribution in [-0.4, -0.2) is 88.7 Å². The molecule has 4 rings (SSSR count). The van der Waals surface area contributed by atoms with Gasteiger partial charge >= 0.3 is 0 Å². The highest BCUT2D eigenvalue weighted by Gasteiger charge is 2.50. The van der Waals surface area contributed by atoms with E-state index in [1.165, 1.54) is 0 Å². The number of likely N-dealkylation sites (tertiary alicyclic amines) is 1. The number of aliphatic hydroxyl groups is 1. The molecule has 3 fully saturated rings. The molecule has 9 nitrogen and oxygen atoms in total. The minimum atomic E-state index is -0.653. The van der Waals surface area contributed by atoms with Crippen molar-refractivity contribution >= 4 is 5.91 Å².